The Bertz CT molecular complexity index is 1130. The van der Waals surface area contributed by atoms with E-state index in [2.05, 4.69) is 25.9 Å². The Labute approximate surface area is 213 Å². The van der Waals surface area contributed by atoms with Gasteiger partial charge < -0.3 is 48.3 Å². The number of carbonyl (C=O) groups is 4. The number of guanidine groups is 1. The van der Waals surface area contributed by atoms with Gasteiger partial charge in [0, 0.05) is 30.1 Å². The topological polar surface area (TPSA) is 251 Å². The van der Waals surface area contributed by atoms with Crippen LogP contribution in [-0.4, -0.2) is 82.2 Å². The zero-order valence-electron chi connectivity index (χ0n) is 20.4. The van der Waals surface area contributed by atoms with Crippen LogP contribution in [0.15, 0.2) is 35.5 Å². The van der Waals surface area contributed by atoms with Crippen molar-refractivity contribution in [2.75, 3.05) is 13.1 Å². The molecule has 0 spiro atoms. The zero-order chi connectivity index (χ0) is 27.5. The van der Waals surface area contributed by atoms with Gasteiger partial charge in [-0.05, 0) is 31.4 Å². The number of carboxylic acids is 1. The van der Waals surface area contributed by atoms with Crippen LogP contribution in [0.25, 0.3) is 10.9 Å². The third kappa shape index (κ3) is 8.77. The largest absolute Gasteiger partial charge is 0.480 e. The van der Waals surface area contributed by atoms with Crippen molar-refractivity contribution in [2.24, 2.45) is 22.2 Å². The zero-order valence-corrected chi connectivity index (χ0v) is 20.4. The fourth-order valence-electron chi connectivity index (χ4n) is 3.67. The molecule has 0 aliphatic carbocycles. The first-order valence-corrected chi connectivity index (χ1v) is 11.6. The first-order chi connectivity index (χ1) is 17.5. The maximum atomic E-state index is 13.2. The molecule has 0 saturated carbocycles. The van der Waals surface area contributed by atoms with E-state index in [9.17, 15) is 29.4 Å². The van der Waals surface area contributed by atoms with Gasteiger partial charge in [-0.15, -0.1) is 0 Å². The number of nitrogens with one attached hydrogen (secondary N) is 4. The molecule has 4 atom stereocenters. The Morgan fingerprint density at radius 2 is 1.73 bits per heavy atom. The summed E-state index contributed by atoms with van der Waals surface area (Å²) in [5, 5.41) is 27.4. The number of para-hydroxylation sites is 1. The van der Waals surface area contributed by atoms with Gasteiger partial charge in [-0.25, -0.2) is 4.79 Å². The standard InChI is InChI=1S/C23H34N8O6/c1-12(32)19(22(36)37)31-21(35)17(9-13-11-28-15-6-3-2-5-14(13)15)30-20(34)16(29-18(33)10-24)7-4-8-27-23(25)26/h2-3,5-6,11-12,16-17,19,28,32H,4,7-10,24H2,1H3,(H,29,33)(H,30,34)(H,31,35)(H,36,37)(H4,25,26,27). The minimum Gasteiger partial charge on any atom is -0.480 e. The second kappa shape index (κ2) is 13.8. The maximum absolute atomic E-state index is 13.2. The van der Waals surface area contributed by atoms with Crippen LogP contribution in [0.1, 0.15) is 25.3 Å². The molecule has 37 heavy (non-hydrogen) atoms. The summed E-state index contributed by atoms with van der Waals surface area (Å²) in [6.45, 7) is 1.07. The number of carbonyl (C=O) groups excluding carboxylic acids is 3. The summed E-state index contributed by atoms with van der Waals surface area (Å²) < 4.78 is 0. The van der Waals surface area contributed by atoms with Crippen molar-refractivity contribution in [2.45, 2.75) is 50.4 Å². The van der Waals surface area contributed by atoms with E-state index in [4.69, 9.17) is 17.2 Å². The average Bonchev–Trinajstić information content (AvgIpc) is 3.25. The predicted octanol–water partition coefficient (Wildman–Crippen LogP) is -2.36. The number of aliphatic imine (C=N–C) groups is 1. The molecule has 12 N–H and O–H groups in total. The average molecular weight is 519 g/mol. The Kier molecular flexibility index (Phi) is 10.8. The van der Waals surface area contributed by atoms with Crippen molar-refractivity contribution < 1.29 is 29.4 Å². The predicted molar refractivity (Wildman–Crippen MR) is 136 cm³/mol. The molecule has 0 bridgehead atoms. The molecule has 202 valence electrons. The number of nitrogens with two attached hydrogens (primary N) is 3. The molecule has 4 unspecified atom stereocenters. The van der Waals surface area contributed by atoms with Gasteiger partial charge in [0.25, 0.3) is 0 Å². The van der Waals surface area contributed by atoms with Crippen molar-refractivity contribution >= 4 is 40.6 Å². The second-order valence-corrected chi connectivity index (χ2v) is 8.46. The number of aromatic nitrogens is 1. The molecule has 2 rings (SSSR count). The van der Waals surface area contributed by atoms with Crippen molar-refractivity contribution in [3.8, 4) is 0 Å². The van der Waals surface area contributed by atoms with E-state index in [1.165, 1.54) is 6.92 Å². The highest BCUT2D eigenvalue weighted by Crippen LogP contribution is 2.19. The molecule has 0 aliphatic heterocycles. The highest BCUT2D eigenvalue weighted by Gasteiger charge is 2.31. The summed E-state index contributed by atoms with van der Waals surface area (Å²) in [5.41, 5.74) is 17.5. The molecular weight excluding hydrogens is 484 g/mol. The lowest BCUT2D eigenvalue weighted by atomic mass is 10.0. The van der Waals surface area contributed by atoms with E-state index in [0.717, 1.165) is 10.9 Å². The fraction of sp³-hybridized carbons (Fsp3) is 0.435. The van der Waals surface area contributed by atoms with E-state index < -0.39 is 47.9 Å². The number of aliphatic hydroxyl groups excluding tert-OH is 1. The Hall–Kier alpha value is -4.17. The highest BCUT2D eigenvalue weighted by atomic mass is 16.4. The molecule has 0 saturated heterocycles. The number of carboxylic acid groups (broad SMARTS) is 1. The normalized spacial score (nSPS) is 14.1. The number of aliphatic hydroxyl groups is 1. The van der Waals surface area contributed by atoms with Gasteiger partial charge in [0.05, 0.1) is 12.6 Å². The smallest absolute Gasteiger partial charge is 0.328 e. The molecule has 0 aliphatic rings. The van der Waals surface area contributed by atoms with Crippen LogP contribution in [-0.2, 0) is 25.6 Å². The van der Waals surface area contributed by atoms with Crippen molar-refractivity contribution in [1.29, 1.82) is 0 Å². The number of amides is 3. The first-order valence-electron chi connectivity index (χ1n) is 11.6. The van der Waals surface area contributed by atoms with E-state index in [1.54, 1.807) is 6.20 Å². The van der Waals surface area contributed by atoms with Crippen LogP contribution in [0.5, 0.6) is 0 Å². The SMILES string of the molecule is CC(O)C(NC(=O)C(Cc1c[nH]c2ccccc12)NC(=O)C(CCCN=C(N)N)NC(=O)CN)C(=O)O. The van der Waals surface area contributed by atoms with E-state index >= 15 is 0 Å². The van der Waals surface area contributed by atoms with Crippen LogP contribution < -0.4 is 33.2 Å². The summed E-state index contributed by atoms with van der Waals surface area (Å²) in [5.74, 6) is -3.65. The molecule has 14 nitrogen and oxygen atoms in total. The highest BCUT2D eigenvalue weighted by molar-refractivity contribution is 5.94. The summed E-state index contributed by atoms with van der Waals surface area (Å²) in [4.78, 5) is 56.7. The molecule has 1 heterocycles. The molecule has 0 radical (unpaired) electrons. The minimum atomic E-state index is -1.60. The van der Waals surface area contributed by atoms with Gasteiger partial charge >= 0.3 is 5.97 Å². The number of nitrogens with zero attached hydrogens (tertiary/aromatic N) is 1. The molecule has 14 heteroatoms. The summed E-state index contributed by atoms with van der Waals surface area (Å²) in [6.07, 6.45) is 0.769. The second-order valence-electron chi connectivity index (χ2n) is 8.46. The monoisotopic (exact) mass is 518 g/mol. The maximum Gasteiger partial charge on any atom is 0.328 e. The molecule has 1 aromatic heterocycles. The molecule has 0 fully saturated rings. The lowest BCUT2D eigenvalue weighted by Gasteiger charge is -2.25. The van der Waals surface area contributed by atoms with Crippen LogP contribution in [0.3, 0.4) is 0 Å². The first kappa shape index (κ1) is 29.1. The van der Waals surface area contributed by atoms with Crippen LogP contribution in [0.2, 0.25) is 0 Å². The molecule has 1 aromatic carbocycles. The lowest BCUT2D eigenvalue weighted by Crippen LogP contribution is -2.58. The van der Waals surface area contributed by atoms with Crippen LogP contribution in [0.4, 0.5) is 0 Å². The van der Waals surface area contributed by atoms with Crippen molar-refractivity contribution in [3.63, 3.8) is 0 Å². The Morgan fingerprint density at radius 3 is 2.35 bits per heavy atom. The van der Waals surface area contributed by atoms with E-state index in [0.29, 0.717) is 12.0 Å². The van der Waals surface area contributed by atoms with E-state index in [1.807, 2.05) is 24.3 Å². The number of aromatic amines is 1. The number of hydrogen-bond acceptors (Lipinski definition) is 7. The molecule has 3 amide bonds. The molecule has 2 aromatic rings. The Balaban J connectivity index is 2.29. The number of H-pyrrole nitrogens is 1. The quantitative estimate of drug-likeness (QED) is 0.0735. The molecular formula is C23H34N8O6. The number of benzene rings is 1. The third-order valence-corrected chi connectivity index (χ3v) is 5.56. The number of fused-ring (bicyclic) bond motifs is 1. The summed E-state index contributed by atoms with van der Waals surface area (Å²) >= 11 is 0. The number of aliphatic carboxylic acids is 1. The van der Waals surface area contributed by atoms with Gasteiger partial charge in [0.15, 0.2) is 12.0 Å². The summed E-state index contributed by atoms with van der Waals surface area (Å²) in [7, 11) is 0. The van der Waals surface area contributed by atoms with Gasteiger partial charge in [-0.1, -0.05) is 18.2 Å². The fourth-order valence-corrected chi connectivity index (χ4v) is 3.67. The third-order valence-electron chi connectivity index (χ3n) is 5.56. The number of rotatable bonds is 14. The van der Waals surface area contributed by atoms with Crippen molar-refractivity contribution in [3.05, 3.63) is 36.0 Å². The van der Waals surface area contributed by atoms with Crippen LogP contribution in [0, 0.1) is 0 Å². The van der Waals surface area contributed by atoms with Gasteiger partial charge in [0.1, 0.15) is 12.1 Å². The lowest BCUT2D eigenvalue weighted by molar-refractivity contribution is -0.145. The minimum absolute atomic E-state index is 0.000703. The Morgan fingerprint density at radius 1 is 1.05 bits per heavy atom. The number of hydrogen-bond donors (Lipinski definition) is 9. The summed E-state index contributed by atoms with van der Waals surface area (Å²) in [6, 6.07) is 3.44. The van der Waals surface area contributed by atoms with Crippen molar-refractivity contribution in [1.82, 2.24) is 20.9 Å². The van der Waals surface area contributed by atoms with Crippen LogP contribution >= 0.6 is 0 Å². The van der Waals surface area contributed by atoms with E-state index in [-0.39, 0.29) is 31.9 Å². The van der Waals surface area contributed by atoms with Gasteiger partial charge in [0.2, 0.25) is 17.7 Å². The van der Waals surface area contributed by atoms with Gasteiger partial charge in [-0.2, -0.15) is 0 Å². The van der Waals surface area contributed by atoms with Gasteiger partial charge in [-0.3, -0.25) is 19.4 Å².